The Bertz CT molecular complexity index is 982. The van der Waals surface area contributed by atoms with Gasteiger partial charge in [-0.05, 0) is 18.6 Å². The van der Waals surface area contributed by atoms with Crippen LogP contribution in [-0.2, 0) is 17.1 Å². The van der Waals surface area contributed by atoms with Crippen molar-refractivity contribution in [1.82, 2.24) is 29.0 Å². The molecule has 1 atom stereocenters. The molecule has 0 N–H and O–H groups in total. The van der Waals surface area contributed by atoms with E-state index in [1.165, 1.54) is 16.8 Å². The van der Waals surface area contributed by atoms with Gasteiger partial charge < -0.3 is 9.09 Å². The molecule has 1 saturated heterocycles. The maximum absolute atomic E-state index is 12.6. The Labute approximate surface area is 144 Å². The molecule has 9 nitrogen and oxygen atoms in total. The molecule has 0 aliphatic carbocycles. The van der Waals surface area contributed by atoms with E-state index in [0.717, 1.165) is 5.56 Å². The van der Waals surface area contributed by atoms with Gasteiger partial charge in [0.15, 0.2) is 10.9 Å². The standard InChI is InChI=1S/C15H16N6O3S/c1-20-9-13(17-10-20)25(22,23)21-6-4-12(8-21)14-18-15(24-19-14)11-3-2-5-16-7-11/h2-3,5,7,9-10,12H,4,6,8H2,1H3. The van der Waals surface area contributed by atoms with E-state index in [1.807, 2.05) is 6.07 Å². The summed E-state index contributed by atoms with van der Waals surface area (Å²) in [4.78, 5) is 12.4. The maximum atomic E-state index is 12.6. The second kappa shape index (κ2) is 6.05. The van der Waals surface area contributed by atoms with Gasteiger partial charge in [-0.2, -0.15) is 9.29 Å². The van der Waals surface area contributed by atoms with E-state index < -0.39 is 10.0 Å². The highest BCUT2D eigenvalue weighted by atomic mass is 32.2. The van der Waals surface area contributed by atoms with Crippen LogP contribution in [0.3, 0.4) is 0 Å². The van der Waals surface area contributed by atoms with Crippen LogP contribution in [0.25, 0.3) is 11.5 Å². The maximum Gasteiger partial charge on any atom is 0.262 e. The highest BCUT2D eigenvalue weighted by molar-refractivity contribution is 7.89. The van der Waals surface area contributed by atoms with Gasteiger partial charge in [-0.25, -0.2) is 13.4 Å². The molecule has 1 aliphatic rings. The molecule has 0 amide bonds. The van der Waals surface area contributed by atoms with E-state index in [0.29, 0.717) is 31.2 Å². The van der Waals surface area contributed by atoms with E-state index in [2.05, 4.69) is 20.1 Å². The van der Waals surface area contributed by atoms with Gasteiger partial charge in [0, 0.05) is 44.6 Å². The summed E-state index contributed by atoms with van der Waals surface area (Å²) in [5, 5.41) is 4.07. The van der Waals surface area contributed by atoms with Crippen molar-refractivity contribution in [2.75, 3.05) is 13.1 Å². The van der Waals surface area contributed by atoms with Crippen molar-refractivity contribution in [3.63, 3.8) is 0 Å². The largest absolute Gasteiger partial charge is 0.339 e. The lowest BCUT2D eigenvalue weighted by molar-refractivity contribution is 0.414. The first-order valence-corrected chi connectivity index (χ1v) is 9.20. The lowest BCUT2D eigenvalue weighted by atomic mass is 10.1. The number of aryl methyl sites for hydroxylation is 1. The van der Waals surface area contributed by atoms with E-state index in [9.17, 15) is 8.42 Å². The minimum Gasteiger partial charge on any atom is -0.339 e. The lowest BCUT2D eigenvalue weighted by Crippen LogP contribution is -2.29. The topological polar surface area (TPSA) is 107 Å². The fourth-order valence-electron chi connectivity index (χ4n) is 2.82. The molecule has 1 fully saturated rings. The fourth-order valence-corrected chi connectivity index (χ4v) is 4.29. The van der Waals surface area contributed by atoms with Gasteiger partial charge >= 0.3 is 0 Å². The van der Waals surface area contributed by atoms with Gasteiger partial charge in [0.25, 0.3) is 15.9 Å². The summed E-state index contributed by atoms with van der Waals surface area (Å²) in [6, 6.07) is 3.62. The number of sulfonamides is 1. The summed E-state index contributed by atoms with van der Waals surface area (Å²) in [6.07, 6.45) is 6.91. The van der Waals surface area contributed by atoms with Gasteiger partial charge in [0.05, 0.1) is 11.9 Å². The molecule has 0 aromatic carbocycles. The molecular formula is C15H16N6O3S. The zero-order chi connectivity index (χ0) is 17.4. The normalized spacial score (nSPS) is 18.7. The van der Waals surface area contributed by atoms with Gasteiger partial charge in [0.2, 0.25) is 0 Å². The summed E-state index contributed by atoms with van der Waals surface area (Å²) < 4.78 is 33.6. The molecule has 1 aliphatic heterocycles. The Morgan fingerprint density at radius 2 is 2.24 bits per heavy atom. The van der Waals surface area contributed by atoms with Crippen molar-refractivity contribution in [3.05, 3.63) is 42.9 Å². The molecular weight excluding hydrogens is 344 g/mol. The van der Waals surface area contributed by atoms with Crippen molar-refractivity contribution in [1.29, 1.82) is 0 Å². The number of nitrogens with zero attached hydrogens (tertiary/aromatic N) is 6. The van der Waals surface area contributed by atoms with Crippen LogP contribution in [0, 0.1) is 0 Å². The van der Waals surface area contributed by atoms with Gasteiger partial charge in [-0.15, -0.1) is 0 Å². The predicted octanol–water partition coefficient (Wildman–Crippen LogP) is 1.04. The molecule has 0 bridgehead atoms. The molecule has 3 aromatic rings. The minimum atomic E-state index is -3.60. The Kier molecular flexibility index (Phi) is 3.85. The number of pyridine rings is 1. The lowest BCUT2D eigenvalue weighted by Gasteiger charge is -2.13. The zero-order valence-corrected chi connectivity index (χ0v) is 14.3. The third-order valence-corrected chi connectivity index (χ3v) is 5.90. The minimum absolute atomic E-state index is 0.0554. The number of hydrogen-bond acceptors (Lipinski definition) is 7. The van der Waals surface area contributed by atoms with E-state index in [4.69, 9.17) is 4.52 Å². The summed E-state index contributed by atoms with van der Waals surface area (Å²) in [5.74, 6) is 0.791. The average Bonchev–Trinajstić information content (AvgIpc) is 3.35. The third-order valence-electron chi connectivity index (χ3n) is 4.15. The first-order valence-electron chi connectivity index (χ1n) is 7.76. The number of rotatable bonds is 4. The van der Waals surface area contributed by atoms with Crippen LogP contribution in [0.15, 0.2) is 46.6 Å². The first-order chi connectivity index (χ1) is 12.0. The molecule has 10 heteroatoms. The smallest absolute Gasteiger partial charge is 0.262 e. The SMILES string of the molecule is Cn1cnc(S(=O)(=O)N2CCC(c3noc(-c4cccnc4)n3)C2)c1. The Morgan fingerprint density at radius 1 is 1.36 bits per heavy atom. The van der Waals surface area contributed by atoms with Crippen molar-refractivity contribution < 1.29 is 12.9 Å². The second-order valence-corrected chi connectivity index (χ2v) is 7.81. The van der Waals surface area contributed by atoms with Gasteiger partial charge in [-0.3, -0.25) is 4.98 Å². The second-order valence-electron chi connectivity index (χ2n) is 5.93. The van der Waals surface area contributed by atoms with E-state index in [-0.39, 0.29) is 10.9 Å². The molecule has 4 rings (SSSR count). The number of aromatic nitrogens is 5. The Hall–Kier alpha value is -2.59. The summed E-state index contributed by atoms with van der Waals surface area (Å²) in [7, 11) is -1.86. The van der Waals surface area contributed by atoms with Crippen LogP contribution >= 0.6 is 0 Å². The quantitative estimate of drug-likeness (QED) is 0.684. The molecule has 0 saturated carbocycles. The first kappa shape index (κ1) is 15.9. The van der Waals surface area contributed by atoms with Crippen LogP contribution in [0.1, 0.15) is 18.2 Å². The number of hydrogen-bond donors (Lipinski definition) is 0. The van der Waals surface area contributed by atoms with Crippen LogP contribution < -0.4 is 0 Å². The molecule has 130 valence electrons. The average molecular weight is 360 g/mol. The van der Waals surface area contributed by atoms with Crippen molar-refractivity contribution in [3.8, 4) is 11.5 Å². The molecule has 3 aromatic heterocycles. The third kappa shape index (κ3) is 2.94. The predicted molar refractivity (Wildman–Crippen MR) is 86.9 cm³/mol. The molecule has 1 unspecified atom stereocenters. The van der Waals surface area contributed by atoms with Crippen LogP contribution in [0.2, 0.25) is 0 Å². The summed E-state index contributed by atoms with van der Waals surface area (Å²) in [5.41, 5.74) is 0.734. The molecule has 0 spiro atoms. The van der Waals surface area contributed by atoms with Gasteiger partial charge in [-0.1, -0.05) is 5.16 Å². The summed E-state index contributed by atoms with van der Waals surface area (Å²) >= 11 is 0. The van der Waals surface area contributed by atoms with Crippen molar-refractivity contribution in [2.24, 2.45) is 7.05 Å². The van der Waals surface area contributed by atoms with Crippen LogP contribution in [0.4, 0.5) is 0 Å². The monoisotopic (exact) mass is 360 g/mol. The molecule has 25 heavy (non-hydrogen) atoms. The van der Waals surface area contributed by atoms with Gasteiger partial charge in [0.1, 0.15) is 0 Å². The molecule has 4 heterocycles. The fraction of sp³-hybridized carbons (Fsp3) is 0.333. The summed E-state index contributed by atoms with van der Waals surface area (Å²) in [6.45, 7) is 0.714. The van der Waals surface area contributed by atoms with Crippen LogP contribution in [-0.4, -0.2) is 50.5 Å². The Morgan fingerprint density at radius 3 is 2.96 bits per heavy atom. The van der Waals surface area contributed by atoms with Crippen molar-refractivity contribution >= 4 is 10.0 Å². The zero-order valence-electron chi connectivity index (χ0n) is 13.5. The molecule has 0 radical (unpaired) electrons. The van der Waals surface area contributed by atoms with Crippen molar-refractivity contribution in [2.45, 2.75) is 17.4 Å². The van der Waals surface area contributed by atoms with E-state index in [1.54, 1.807) is 30.1 Å². The van der Waals surface area contributed by atoms with E-state index >= 15 is 0 Å². The number of imidazole rings is 1. The highest BCUT2D eigenvalue weighted by Gasteiger charge is 2.36. The van der Waals surface area contributed by atoms with Crippen LogP contribution in [0.5, 0.6) is 0 Å². The highest BCUT2D eigenvalue weighted by Crippen LogP contribution is 2.30. The Balaban J connectivity index is 1.52.